The zero-order chi connectivity index (χ0) is 11.5. The Bertz CT molecular complexity index is 462. The van der Waals surface area contributed by atoms with Crippen LogP contribution in [0.25, 0.3) is 11.0 Å². The predicted molar refractivity (Wildman–Crippen MR) is 63.9 cm³/mol. The smallest absolute Gasteiger partial charge is 0.0931 e. The number of H-pyrrole nitrogens is 1. The lowest BCUT2D eigenvalue weighted by Gasteiger charge is -2.20. The Kier molecular flexibility index (Phi) is 3.22. The molecule has 0 fully saturated rings. The van der Waals surface area contributed by atoms with E-state index >= 15 is 0 Å². The molecule has 0 aliphatic heterocycles. The van der Waals surface area contributed by atoms with E-state index in [1.54, 1.807) is 6.33 Å². The number of aromatic amines is 1. The largest absolute Gasteiger partial charge is 0.396 e. The number of aliphatic hydroxyl groups is 1. The summed E-state index contributed by atoms with van der Waals surface area (Å²) in [5.74, 6) is 0.111. The van der Waals surface area contributed by atoms with Gasteiger partial charge in [0.2, 0.25) is 0 Å². The van der Waals surface area contributed by atoms with Crippen molar-refractivity contribution < 1.29 is 5.11 Å². The van der Waals surface area contributed by atoms with Gasteiger partial charge in [-0.3, -0.25) is 0 Å². The Morgan fingerprint density at radius 2 is 2.31 bits per heavy atom. The molecule has 16 heavy (non-hydrogen) atoms. The van der Waals surface area contributed by atoms with Gasteiger partial charge in [-0.05, 0) is 24.1 Å². The number of imidazole rings is 1. The van der Waals surface area contributed by atoms with Crippen molar-refractivity contribution in [2.45, 2.75) is 19.4 Å². The van der Waals surface area contributed by atoms with Gasteiger partial charge < -0.3 is 15.8 Å². The third-order valence-electron chi connectivity index (χ3n) is 3.10. The maximum atomic E-state index is 9.23. The van der Waals surface area contributed by atoms with Crippen LogP contribution in [0.1, 0.15) is 24.9 Å². The highest BCUT2D eigenvalue weighted by Gasteiger charge is 2.17. The second kappa shape index (κ2) is 4.63. The van der Waals surface area contributed by atoms with Crippen molar-refractivity contribution in [3.05, 3.63) is 30.1 Å². The fourth-order valence-corrected chi connectivity index (χ4v) is 1.93. The summed E-state index contributed by atoms with van der Waals surface area (Å²) in [5.41, 5.74) is 9.09. The monoisotopic (exact) mass is 219 g/mol. The van der Waals surface area contributed by atoms with Crippen LogP contribution >= 0.6 is 0 Å². The van der Waals surface area contributed by atoms with Crippen LogP contribution in [0.15, 0.2) is 24.5 Å². The molecule has 0 aliphatic carbocycles. The maximum absolute atomic E-state index is 9.23. The zero-order valence-electron chi connectivity index (χ0n) is 9.35. The highest BCUT2D eigenvalue weighted by molar-refractivity contribution is 5.75. The molecule has 86 valence electrons. The van der Waals surface area contributed by atoms with Crippen LogP contribution in [0.4, 0.5) is 0 Å². The Labute approximate surface area is 94.5 Å². The number of aliphatic hydroxyl groups excluding tert-OH is 1. The summed E-state index contributed by atoms with van der Waals surface area (Å²) in [6, 6.07) is 5.81. The van der Waals surface area contributed by atoms with Crippen LogP contribution in [0.2, 0.25) is 0 Å². The first-order valence-electron chi connectivity index (χ1n) is 5.55. The predicted octanol–water partition coefficient (Wildman–Crippen LogP) is 1.58. The first-order chi connectivity index (χ1) is 7.76. The Morgan fingerprint density at radius 1 is 1.50 bits per heavy atom. The molecular formula is C12H17N3O. The number of aromatic nitrogens is 2. The summed E-state index contributed by atoms with van der Waals surface area (Å²) in [4.78, 5) is 7.22. The van der Waals surface area contributed by atoms with E-state index in [1.165, 1.54) is 0 Å². The summed E-state index contributed by atoms with van der Waals surface area (Å²) in [5, 5.41) is 9.23. The van der Waals surface area contributed by atoms with E-state index in [9.17, 15) is 5.11 Å². The van der Waals surface area contributed by atoms with Crippen molar-refractivity contribution in [1.82, 2.24) is 9.97 Å². The third kappa shape index (κ3) is 1.94. The van der Waals surface area contributed by atoms with Crippen LogP contribution in [0, 0.1) is 5.92 Å². The third-order valence-corrected chi connectivity index (χ3v) is 3.10. The maximum Gasteiger partial charge on any atom is 0.0931 e. The fourth-order valence-electron chi connectivity index (χ4n) is 1.93. The molecule has 1 heterocycles. The lowest BCUT2D eigenvalue weighted by Crippen LogP contribution is -2.23. The second-order valence-corrected chi connectivity index (χ2v) is 4.06. The molecule has 0 saturated carbocycles. The summed E-state index contributed by atoms with van der Waals surface area (Å²) < 4.78 is 0. The summed E-state index contributed by atoms with van der Waals surface area (Å²) in [6.07, 6.45) is 2.54. The Morgan fingerprint density at radius 3 is 3.00 bits per heavy atom. The lowest BCUT2D eigenvalue weighted by molar-refractivity contribution is 0.201. The Balaban J connectivity index is 2.31. The van der Waals surface area contributed by atoms with Gasteiger partial charge in [0.1, 0.15) is 0 Å². The number of rotatable bonds is 4. The van der Waals surface area contributed by atoms with Crippen LogP contribution in [0.5, 0.6) is 0 Å². The lowest BCUT2D eigenvalue weighted by atomic mass is 9.92. The van der Waals surface area contributed by atoms with E-state index < -0.39 is 0 Å². The second-order valence-electron chi connectivity index (χ2n) is 4.06. The van der Waals surface area contributed by atoms with Gasteiger partial charge in [0.15, 0.2) is 0 Å². The standard InChI is InChI=1S/C12H17N3O/c1-2-8(6-16)12(13)9-3-4-10-11(5-9)15-7-14-10/h3-5,7-8,12,16H,2,6,13H2,1H3,(H,14,15). The fraction of sp³-hybridized carbons (Fsp3) is 0.417. The molecule has 0 radical (unpaired) electrons. The van der Waals surface area contributed by atoms with E-state index in [0.717, 1.165) is 23.0 Å². The molecule has 0 amide bonds. The van der Waals surface area contributed by atoms with Crippen molar-refractivity contribution in [3.63, 3.8) is 0 Å². The Hall–Kier alpha value is -1.39. The molecule has 2 rings (SSSR count). The molecule has 0 spiro atoms. The molecule has 4 nitrogen and oxygen atoms in total. The molecule has 1 aromatic heterocycles. The zero-order valence-corrected chi connectivity index (χ0v) is 9.35. The summed E-state index contributed by atoms with van der Waals surface area (Å²) >= 11 is 0. The SMILES string of the molecule is CCC(CO)C(N)c1ccc2nc[nH]c2c1. The molecule has 4 N–H and O–H groups in total. The molecule has 0 bridgehead atoms. The summed E-state index contributed by atoms with van der Waals surface area (Å²) in [6.45, 7) is 2.16. The molecule has 2 unspecified atom stereocenters. The topological polar surface area (TPSA) is 74.9 Å². The summed E-state index contributed by atoms with van der Waals surface area (Å²) in [7, 11) is 0. The minimum Gasteiger partial charge on any atom is -0.396 e. The number of benzene rings is 1. The van der Waals surface area contributed by atoms with Crippen LogP contribution < -0.4 is 5.73 Å². The van der Waals surface area contributed by atoms with E-state index in [4.69, 9.17) is 5.73 Å². The molecule has 2 atom stereocenters. The van der Waals surface area contributed by atoms with Gasteiger partial charge in [-0.2, -0.15) is 0 Å². The van der Waals surface area contributed by atoms with Crippen molar-refractivity contribution >= 4 is 11.0 Å². The number of nitrogens with one attached hydrogen (secondary N) is 1. The van der Waals surface area contributed by atoms with Gasteiger partial charge in [0, 0.05) is 18.6 Å². The quantitative estimate of drug-likeness (QED) is 0.730. The average molecular weight is 219 g/mol. The molecule has 1 aromatic carbocycles. The normalized spacial score (nSPS) is 15.2. The van der Waals surface area contributed by atoms with Gasteiger partial charge in [-0.15, -0.1) is 0 Å². The van der Waals surface area contributed by atoms with Crippen molar-refractivity contribution in [2.75, 3.05) is 6.61 Å². The van der Waals surface area contributed by atoms with Crippen LogP contribution in [0.3, 0.4) is 0 Å². The molecule has 0 saturated heterocycles. The van der Waals surface area contributed by atoms with Crippen LogP contribution in [-0.2, 0) is 0 Å². The number of nitrogens with zero attached hydrogens (tertiary/aromatic N) is 1. The number of fused-ring (bicyclic) bond motifs is 1. The number of hydrogen-bond acceptors (Lipinski definition) is 3. The van der Waals surface area contributed by atoms with E-state index in [-0.39, 0.29) is 18.6 Å². The number of nitrogens with two attached hydrogens (primary N) is 1. The number of hydrogen-bond donors (Lipinski definition) is 3. The average Bonchev–Trinajstić information content (AvgIpc) is 2.77. The van der Waals surface area contributed by atoms with E-state index in [2.05, 4.69) is 9.97 Å². The molecular weight excluding hydrogens is 202 g/mol. The van der Waals surface area contributed by atoms with Crippen molar-refractivity contribution in [2.24, 2.45) is 11.7 Å². The van der Waals surface area contributed by atoms with Crippen LogP contribution in [-0.4, -0.2) is 21.7 Å². The molecule has 2 aromatic rings. The van der Waals surface area contributed by atoms with E-state index in [1.807, 2.05) is 25.1 Å². The first kappa shape index (κ1) is 11.1. The van der Waals surface area contributed by atoms with Crippen molar-refractivity contribution in [1.29, 1.82) is 0 Å². The van der Waals surface area contributed by atoms with Gasteiger partial charge in [0.25, 0.3) is 0 Å². The first-order valence-corrected chi connectivity index (χ1v) is 5.55. The van der Waals surface area contributed by atoms with Gasteiger partial charge in [0.05, 0.1) is 17.4 Å². The molecule has 0 aliphatic rings. The van der Waals surface area contributed by atoms with Gasteiger partial charge in [-0.1, -0.05) is 13.0 Å². The van der Waals surface area contributed by atoms with Gasteiger partial charge >= 0.3 is 0 Å². The highest BCUT2D eigenvalue weighted by atomic mass is 16.3. The van der Waals surface area contributed by atoms with E-state index in [0.29, 0.717) is 0 Å². The van der Waals surface area contributed by atoms with Crippen molar-refractivity contribution in [3.8, 4) is 0 Å². The minimum atomic E-state index is -0.123. The highest BCUT2D eigenvalue weighted by Crippen LogP contribution is 2.24. The molecule has 4 heteroatoms. The minimum absolute atomic E-state index is 0.111. The van der Waals surface area contributed by atoms with Gasteiger partial charge in [-0.25, -0.2) is 4.98 Å².